The monoisotopic (exact) mass is 348 g/mol. The van der Waals surface area contributed by atoms with Gasteiger partial charge in [-0.1, -0.05) is 41.9 Å². The van der Waals surface area contributed by atoms with Crippen LogP contribution in [0.5, 0.6) is 0 Å². The number of nitrogens with one attached hydrogen (secondary N) is 1. The molecule has 0 saturated heterocycles. The third-order valence-corrected chi connectivity index (χ3v) is 4.04. The molecule has 0 saturated carbocycles. The SMILES string of the molecule is O=C(Nc1c(-c2ccccc2)nc2ncccn12)c1ccc(Cl)cc1. The molecule has 25 heavy (non-hydrogen) atoms. The van der Waals surface area contributed by atoms with Gasteiger partial charge >= 0.3 is 0 Å². The van der Waals surface area contributed by atoms with Crippen molar-refractivity contribution in [2.75, 3.05) is 5.32 Å². The minimum Gasteiger partial charge on any atom is -0.306 e. The molecule has 6 heteroatoms. The van der Waals surface area contributed by atoms with Gasteiger partial charge in [-0.05, 0) is 30.3 Å². The van der Waals surface area contributed by atoms with E-state index in [1.54, 1.807) is 40.9 Å². The van der Waals surface area contributed by atoms with E-state index in [4.69, 9.17) is 11.6 Å². The number of anilines is 1. The minimum atomic E-state index is -0.237. The third kappa shape index (κ3) is 2.97. The van der Waals surface area contributed by atoms with E-state index in [2.05, 4.69) is 15.3 Å². The van der Waals surface area contributed by atoms with Crippen LogP contribution in [0.25, 0.3) is 17.0 Å². The number of hydrogen-bond donors (Lipinski definition) is 1. The number of rotatable bonds is 3. The molecule has 0 unspecified atom stereocenters. The minimum absolute atomic E-state index is 0.237. The summed E-state index contributed by atoms with van der Waals surface area (Å²) in [6.45, 7) is 0. The molecular formula is C19H13ClN4O. The number of fused-ring (bicyclic) bond motifs is 1. The summed E-state index contributed by atoms with van der Waals surface area (Å²) in [5.74, 6) is 0.863. The van der Waals surface area contributed by atoms with Gasteiger partial charge in [0.05, 0.1) is 0 Å². The molecule has 2 aromatic heterocycles. The topological polar surface area (TPSA) is 59.3 Å². The molecule has 0 aliphatic heterocycles. The first kappa shape index (κ1) is 15.4. The van der Waals surface area contributed by atoms with Crippen LogP contribution in [0.3, 0.4) is 0 Å². The highest BCUT2D eigenvalue weighted by Gasteiger charge is 2.17. The van der Waals surface area contributed by atoms with Crippen LogP contribution in [0.15, 0.2) is 73.1 Å². The number of carbonyl (C=O) groups excluding carboxylic acids is 1. The van der Waals surface area contributed by atoms with E-state index >= 15 is 0 Å². The Morgan fingerprint density at radius 2 is 1.76 bits per heavy atom. The van der Waals surface area contributed by atoms with Gasteiger partial charge in [0.2, 0.25) is 5.78 Å². The molecule has 0 atom stereocenters. The molecule has 0 aliphatic rings. The van der Waals surface area contributed by atoms with E-state index in [9.17, 15) is 4.79 Å². The van der Waals surface area contributed by atoms with Crippen LogP contribution in [-0.2, 0) is 0 Å². The molecule has 0 bridgehead atoms. The van der Waals surface area contributed by atoms with Gasteiger partial charge in [0.1, 0.15) is 11.5 Å². The van der Waals surface area contributed by atoms with Crippen LogP contribution in [0.4, 0.5) is 5.82 Å². The van der Waals surface area contributed by atoms with Crippen molar-refractivity contribution < 1.29 is 4.79 Å². The fourth-order valence-electron chi connectivity index (χ4n) is 2.59. The first-order chi connectivity index (χ1) is 12.2. The molecule has 0 fully saturated rings. The highest BCUT2D eigenvalue weighted by molar-refractivity contribution is 6.30. The van der Waals surface area contributed by atoms with Gasteiger partial charge < -0.3 is 5.32 Å². The summed E-state index contributed by atoms with van der Waals surface area (Å²) >= 11 is 5.89. The van der Waals surface area contributed by atoms with Gasteiger partial charge in [-0.2, -0.15) is 0 Å². The lowest BCUT2D eigenvalue weighted by Gasteiger charge is -2.08. The maximum Gasteiger partial charge on any atom is 0.256 e. The number of imidazole rings is 1. The summed E-state index contributed by atoms with van der Waals surface area (Å²) in [6, 6.07) is 18.2. The number of nitrogens with zero attached hydrogens (tertiary/aromatic N) is 3. The van der Waals surface area contributed by atoms with E-state index in [0.29, 0.717) is 27.9 Å². The lowest BCUT2D eigenvalue weighted by atomic mass is 10.1. The van der Waals surface area contributed by atoms with Crippen molar-refractivity contribution in [2.24, 2.45) is 0 Å². The van der Waals surface area contributed by atoms with E-state index in [0.717, 1.165) is 5.56 Å². The quantitative estimate of drug-likeness (QED) is 0.600. The highest BCUT2D eigenvalue weighted by atomic mass is 35.5. The van der Waals surface area contributed by atoms with Gasteiger partial charge in [-0.25, -0.2) is 9.97 Å². The average Bonchev–Trinajstić information content (AvgIpc) is 3.02. The fraction of sp³-hybridized carbons (Fsp3) is 0. The Morgan fingerprint density at radius 3 is 2.52 bits per heavy atom. The van der Waals surface area contributed by atoms with Crippen molar-refractivity contribution in [1.29, 1.82) is 0 Å². The van der Waals surface area contributed by atoms with Crippen LogP contribution in [0, 0.1) is 0 Å². The lowest BCUT2D eigenvalue weighted by molar-refractivity contribution is 0.102. The van der Waals surface area contributed by atoms with Crippen LogP contribution in [0.2, 0.25) is 5.02 Å². The second kappa shape index (κ2) is 6.37. The number of amides is 1. The zero-order valence-electron chi connectivity index (χ0n) is 13.1. The summed E-state index contributed by atoms with van der Waals surface area (Å²) in [5, 5.41) is 3.53. The fourth-order valence-corrected chi connectivity index (χ4v) is 2.71. The maximum absolute atomic E-state index is 12.6. The van der Waals surface area contributed by atoms with Gasteiger partial charge in [0.15, 0.2) is 0 Å². The lowest BCUT2D eigenvalue weighted by Crippen LogP contribution is -2.14. The molecule has 0 radical (unpaired) electrons. The Balaban J connectivity index is 1.80. The average molecular weight is 349 g/mol. The molecular weight excluding hydrogens is 336 g/mol. The normalized spacial score (nSPS) is 10.8. The molecule has 0 spiro atoms. The zero-order chi connectivity index (χ0) is 17.2. The Kier molecular flexibility index (Phi) is 3.91. The van der Waals surface area contributed by atoms with E-state index in [1.165, 1.54) is 0 Å². The third-order valence-electron chi connectivity index (χ3n) is 3.79. The molecule has 4 aromatic rings. The molecule has 0 aliphatic carbocycles. The van der Waals surface area contributed by atoms with Gasteiger partial charge in [-0.3, -0.25) is 9.20 Å². The Hall–Kier alpha value is -3.18. The van der Waals surface area contributed by atoms with E-state index < -0.39 is 0 Å². The summed E-state index contributed by atoms with van der Waals surface area (Å²) in [6.07, 6.45) is 3.49. The van der Waals surface area contributed by atoms with Crippen LogP contribution in [-0.4, -0.2) is 20.3 Å². The van der Waals surface area contributed by atoms with Crippen molar-refractivity contribution in [3.63, 3.8) is 0 Å². The summed E-state index contributed by atoms with van der Waals surface area (Å²) < 4.78 is 1.76. The predicted octanol–water partition coefficient (Wildman–Crippen LogP) is 4.30. The van der Waals surface area contributed by atoms with Gasteiger partial charge in [0, 0.05) is 28.5 Å². The highest BCUT2D eigenvalue weighted by Crippen LogP contribution is 2.28. The van der Waals surface area contributed by atoms with E-state index in [1.807, 2.05) is 36.5 Å². The molecule has 4 rings (SSSR count). The second-order valence-electron chi connectivity index (χ2n) is 5.43. The zero-order valence-corrected chi connectivity index (χ0v) is 13.8. The molecule has 2 aromatic carbocycles. The Labute approximate surface area is 148 Å². The van der Waals surface area contributed by atoms with Crippen LogP contribution < -0.4 is 5.32 Å². The molecule has 5 nitrogen and oxygen atoms in total. The number of aromatic nitrogens is 3. The largest absolute Gasteiger partial charge is 0.306 e. The summed E-state index contributed by atoms with van der Waals surface area (Å²) in [5.41, 5.74) is 2.09. The Morgan fingerprint density at radius 1 is 1.00 bits per heavy atom. The molecule has 1 N–H and O–H groups in total. The van der Waals surface area contributed by atoms with Crippen LogP contribution >= 0.6 is 11.6 Å². The van der Waals surface area contributed by atoms with Crippen molar-refractivity contribution in [2.45, 2.75) is 0 Å². The summed E-state index contributed by atoms with van der Waals surface area (Å²) in [7, 11) is 0. The van der Waals surface area contributed by atoms with Crippen molar-refractivity contribution in [1.82, 2.24) is 14.4 Å². The first-order valence-corrected chi connectivity index (χ1v) is 8.05. The smallest absolute Gasteiger partial charge is 0.256 e. The van der Waals surface area contributed by atoms with Crippen LogP contribution in [0.1, 0.15) is 10.4 Å². The van der Waals surface area contributed by atoms with Gasteiger partial charge in [-0.15, -0.1) is 0 Å². The number of carbonyl (C=O) groups is 1. The second-order valence-corrected chi connectivity index (χ2v) is 5.86. The predicted molar refractivity (Wildman–Crippen MR) is 97.8 cm³/mol. The van der Waals surface area contributed by atoms with Crippen molar-refractivity contribution in [3.8, 4) is 11.3 Å². The molecule has 122 valence electrons. The van der Waals surface area contributed by atoms with E-state index in [-0.39, 0.29) is 5.91 Å². The summed E-state index contributed by atoms with van der Waals surface area (Å²) in [4.78, 5) is 21.5. The maximum atomic E-state index is 12.6. The number of hydrogen-bond acceptors (Lipinski definition) is 3. The number of benzene rings is 2. The first-order valence-electron chi connectivity index (χ1n) is 7.68. The van der Waals surface area contributed by atoms with Gasteiger partial charge in [0.25, 0.3) is 5.91 Å². The standard InChI is InChI=1S/C19H13ClN4O/c20-15-9-7-14(8-10-15)18(25)23-17-16(13-5-2-1-3-6-13)22-19-21-11-4-12-24(17)19/h1-12H,(H,23,25). The van der Waals surface area contributed by atoms with Crippen molar-refractivity contribution in [3.05, 3.63) is 83.6 Å². The Bertz CT molecular complexity index is 1040. The number of halogens is 1. The molecule has 2 heterocycles. The molecule has 1 amide bonds. The van der Waals surface area contributed by atoms with Crippen molar-refractivity contribution >= 4 is 29.1 Å².